The summed E-state index contributed by atoms with van der Waals surface area (Å²) in [6.07, 6.45) is -0.806. The SMILES string of the molecule is NC1(c2nn[nH]n2)CC(F)(F)C1. The Kier molecular flexibility index (Phi) is 1.24. The van der Waals surface area contributed by atoms with Crippen molar-refractivity contribution >= 4 is 0 Å². The molecule has 1 aliphatic rings. The van der Waals surface area contributed by atoms with Crippen LogP contribution in [0.1, 0.15) is 18.7 Å². The van der Waals surface area contributed by atoms with Crippen LogP contribution in [0.4, 0.5) is 8.78 Å². The van der Waals surface area contributed by atoms with Gasteiger partial charge in [-0.1, -0.05) is 5.21 Å². The van der Waals surface area contributed by atoms with E-state index in [2.05, 4.69) is 20.6 Å². The van der Waals surface area contributed by atoms with Crippen molar-refractivity contribution in [3.63, 3.8) is 0 Å². The fraction of sp³-hybridized carbons (Fsp3) is 0.800. The standard InChI is InChI=1S/C5H7F2N5/c6-5(7)1-4(8,2-5)3-9-11-12-10-3/h1-2,8H2,(H,9,10,11,12). The van der Waals surface area contributed by atoms with Crippen molar-refractivity contribution < 1.29 is 8.78 Å². The molecule has 0 aromatic carbocycles. The zero-order valence-electron chi connectivity index (χ0n) is 6.09. The summed E-state index contributed by atoms with van der Waals surface area (Å²) in [7, 11) is 0. The molecule has 0 radical (unpaired) electrons. The van der Waals surface area contributed by atoms with Gasteiger partial charge in [-0.25, -0.2) is 8.78 Å². The van der Waals surface area contributed by atoms with Gasteiger partial charge in [-0.3, -0.25) is 0 Å². The Hall–Kier alpha value is -1.11. The predicted molar refractivity (Wildman–Crippen MR) is 34.2 cm³/mol. The summed E-state index contributed by atoms with van der Waals surface area (Å²) in [5.41, 5.74) is 4.49. The van der Waals surface area contributed by atoms with E-state index in [1.807, 2.05) is 0 Å². The van der Waals surface area contributed by atoms with Crippen LogP contribution in [0, 0.1) is 0 Å². The number of tetrazole rings is 1. The highest BCUT2D eigenvalue weighted by Crippen LogP contribution is 2.48. The third-order valence-corrected chi connectivity index (χ3v) is 1.94. The average Bonchev–Trinajstić information content (AvgIpc) is 2.31. The van der Waals surface area contributed by atoms with Gasteiger partial charge in [-0.05, 0) is 0 Å². The Labute approximate surface area is 66.3 Å². The number of nitrogens with two attached hydrogens (primary N) is 1. The van der Waals surface area contributed by atoms with Crippen molar-refractivity contribution in [3.8, 4) is 0 Å². The van der Waals surface area contributed by atoms with Crippen LogP contribution in [0.25, 0.3) is 0 Å². The lowest BCUT2D eigenvalue weighted by molar-refractivity contribution is -0.127. The van der Waals surface area contributed by atoms with Crippen LogP contribution in [-0.2, 0) is 5.54 Å². The number of halogens is 2. The molecule has 0 aliphatic heterocycles. The molecule has 0 unspecified atom stereocenters. The minimum absolute atomic E-state index is 0.161. The van der Waals surface area contributed by atoms with Crippen molar-refractivity contribution in [3.05, 3.63) is 5.82 Å². The van der Waals surface area contributed by atoms with E-state index in [1.165, 1.54) is 0 Å². The molecule has 0 saturated heterocycles. The Morgan fingerprint density at radius 3 is 2.50 bits per heavy atom. The second kappa shape index (κ2) is 1.98. The van der Waals surface area contributed by atoms with Crippen LogP contribution >= 0.6 is 0 Å². The van der Waals surface area contributed by atoms with Crippen molar-refractivity contribution in [2.75, 3.05) is 0 Å². The first kappa shape index (κ1) is 7.53. The lowest BCUT2D eigenvalue weighted by atomic mass is 9.74. The number of alkyl halides is 2. The molecule has 0 spiro atoms. The number of H-pyrrole nitrogens is 1. The molecule has 1 aliphatic carbocycles. The molecule has 1 heterocycles. The first-order valence-corrected chi connectivity index (χ1v) is 3.43. The highest BCUT2D eigenvalue weighted by Gasteiger charge is 2.57. The number of rotatable bonds is 1. The average molecular weight is 175 g/mol. The molecule has 0 amide bonds. The molecular formula is C5H7F2N5. The van der Waals surface area contributed by atoms with Gasteiger partial charge in [-0.2, -0.15) is 5.21 Å². The van der Waals surface area contributed by atoms with Gasteiger partial charge in [0.1, 0.15) is 0 Å². The molecule has 1 saturated carbocycles. The molecule has 3 N–H and O–H groups in total. The van der Waals surface area contributed by atoms with E-state index in [1.54, 1.807) is 0 Å². The highest BCUT2D eigenvalue weighted by molar-refractivity contribution is 5.12. The summed E-state index contributed by atoms with van der Waals surface area (Å²) < 4.78 is 24.9. The minimum atomic E-state index is -2.67. The van der Waals surface area contributed by atoms with Gasteiger partial charge in [0.15, 0.2) is 5.82 Å². The first-order valence-electron chi connectivity index (χ1n) is 3.43. The summed E-state index contributed by atoms with van der Waals surface area (Å²) in [4.78, 5) is 0. The molecule has 1 aromatic rings. The van der Waals surface area contributed by atoms with Gasteiger partial charge in [0, 0.05) is 12.8 Å². The van der Waals surface area contributed by atoms with Crippen LogP contribution < -0.4 is 5.73 Å². The van der Waals surface area contributed by atoms with Gasteiger partial charge >= 0.3 is 0 Å². The zero-order valence-corrected chi connectivity index (χ0v) is 6.09. The molecule has 2 rings (SSSR count). The van der Waals surface area contributed by atoms with E-state index < -0.39 is 24.3 Å². The molecule has 7 heteroatoms. The van der Waals surface area contributed by atoms with E-state index in [0.29, 0.717) is 0 Å². The number of hydrogen-bond donors (Lipinski definition) is 2. The normalized spacial score (nSPS) is 24.9. The maximum atomic E-state index is 12.5. The van der Waals surface area contributed by atoms with Crippen molar-refractivity contribution in [2.45, 2.75) is 24.3 Å². The van der Waals surface area contributed by atoms with E-state index in [0.717, 1.165) is 0 Å². The topological polar surface area (TPSA) is 80.5 Å². The molecule has 12 heavy (non-hydrogen) atoms. The Morgan fingerprint density at radius 1 is 1.42 bits per heavy atom. The van der Waals surface area contributed by atoms with Gasteiger partial charge in [0.2, 0.25) is 0 Å². The fourth-order valence-electron chi connectivity index (χ4n) is 1.40. The van der Waals surface area contributed by atoms with E-state index in [9.17, 15) is 8.78 Å². The lowest BCUT2D eigenvalue weighted by Crippen LogP contribution is -2.56. The molecular weight excluding hydrogens is 168 g/mol. The molecule has 1 aromatic heterocycles. The second-order valence-corrected chi connectivity index (χ2v) is 3.10. The maximum absolute atomic E-state index is 12.5. The molecule has 0 bridgehead atoms. The second-order valence-electron chi connectivity index (χ2n) is 3.10. The fourth-order valence-corrected chi connectivity index (χ4v) is 1.40. The number of nitrogens with zero attached hydrogens (tertiary/aromatic N) is 3. The van der Waals surface area contributed by atoms with Crippen LogP contribution in [0.15, 0.2) is 0 Å². The number of hydrogen-bond acceptors (Lipinski definition) is 4. The lowest BCUT2D eigenvalue weighted by Gasteiger charge is -2.41. The largest absolute Gasteiger partial charge is 0.318 e. The van der Waals surface area contributed by atoms with Crippen LogP contribution in [-0.4, -0.2) is 26.5 Å². The maximum Gasteiger partial charge on any atom is 0.252 e. The molecule has 66 valence electrons. The predicted octanol–water partition coefficient (Wildman–Crippen LogP) is -0.217. The van der Waals surface area contributed by atoms with Gasteiger partial charge < -0.3 is 5.73 Å². The van der Waals surface area contributed by atoms with Crippen LogP contribution in [0.5, 0.6) is 0 Å². The van der Waals surface area contributed by atoms with Crippen molar-refractivity contribution in [2.24, 2.45) is 5.73 Å². The van der Waals surface area contributed by atoms with Gasteiger partial charge in [0.05, 0.1) is 5.54 Å². The summed E-state index contributed by atoms with van der Waals surface area (Å²) in [6.45, 7) is 0. The van der Waals surface area contributed by atoms with E-state index in [-0.39, 0.29) is 5.82 Å². The first-order chi connectivity index (χ1) is 5.52. The van der Waals surface area contributed by atoms with Crippen molar-refractivity contribution in [1.29, 1.82) is 0 Å². The molecule has 5 nitrogen and oxygen atoms in total. The third kappa shape index (κ3) is 0.970. The highest BCUT2D eigenvalue weighted by atomic mass is 19.3. The molecule has 0 atom stereocenters. The monoisotopic (exact) mass is 175 g/mol. The van der Waals surface area contributed by atoms with E-state index >= 15 is 0 Å². The quantitative estimate of drug-likeness (QED) is 0.618. The van der Waals surface area contributed by atoms with Crippen LogP contribution in [0.2, 0.25) is 0 Å². The van der Waals surface area contributed by atoms with Gasteiger partial charge in [-0.15, -0.1) is 10.2 Å². The Bertz CT molecular complexity index is 274. The summed E-state index contributed by atoms with van der Waals surface area (Å²) in [6, 6.07) is 0. The van der Waals surface area contributed by atoms with E-state index in [4.69, 9.17) is 5.73 Å². The summed E-state index contributed by atoms with van der Waals surface area (Å²) >= 11 is 0. The molecule has 1 fully saturated rings. The Balaban J connectivity index is 2.18. The Morgan fingerprint density at radius 2 is 2.08 bits per heavy atom. The number of aromatic nitrogens is 4. The van der Waals surface area contributed by atoms with Crippen molar-refractivity contribution in [1.82, 2.24) is 20.6 Å². The summed E-state index contributed by atoms with van der Waals surface area (Å²) in [5, 5.41) is 12.6. The number of aromatic amines is 1. The van der Waals surface area contributed by atoms with Crippen LogP contribution in [0.3, 0.4) is 0 Å². The zero-order chi connectivity index (χ0) is 8.82. The number of nitrogens with one attached hydrogen (secondary N) is 1. The summed E-state index contributed by atoms with van der Waals surface area (Å²) in [5.74, 6) is -2.51. The minimum Gasteiger partial charge on any atom is -0.318 e. The van der Waals surface area contributed by atoms with Gasteiger partial charge in [0.25, 0.3) is 5.92 Å². The smallest absolute Gasteiger partial charge is 0.252 e. The third-order valence-electron chi connectivity index (χ3n) is 1.94.